The summed E-state index contributed by atoms with van der Waals surface area (Å²) in [5.41, 5.74) is 0. The zero-order valence-electron chi connectivity index (χ0n) is 9.58. The first-order valence-electron chi connectivity index (χ1n) is 5.69. The maximum Gasteiger partial charge on any atom is 0.0932 e. The van der Waals surface area contributed by atoms with Crippen molar-refractivity contribution in [3.05, 3.63) is 0 Å². The van der Waals surface area contributed by atoms with Gasteiger partial charge in [0.1, 0.15) is 0 Å². The lowest BCUT2D eigenvalue weighted by atomic mass is 10.2. The first-order valence-corrected chi connectivity index (χ1v) is 5.69. The van der Waals surface area contributed by atoms with Gasteiger partial charge >= 0.3 is 0 Å². The molecule has 0 saturated carbocycles. The Balaban J connectivity index is 2.20. The van der Waals surface area contributed by atoms with Crippen LogP contribution in [-0.4, -0.2) is 38.0 Å². The van der Waals surface area contributed by atoms with E-state index in [0.717, 1.165) is 19.6 Å². The van der Waals surface area contributed by atoms with E-state index in [1.54, 1.807) is 0 Å². The highest BCUT2D eigenvalue weighted by molar-refractivity contribution is 4.73. The number of nitrogens with one attached hydrogen (secondary N) is 1. The van der Waals surface area contributed by atoms with Crippen LogP contribution in [0.2, 0.25) is 0 Å². The van der Waals surface area contributed by atoms with Gasteiger partial charge in [0.2, 0.25) is 0 Å². The minimum atomic E-state index is 0.231. The molecule has 2 unspecified atom stereocenters. The quantitative estimate of drug-likeness (QED) is 0.749. The van der Waals surface area contributed by atoms with Gasteiger partial charge in [0.05, 0.1) is 18.8 Å². The summed E-state index contributed by atoms with van der Waals surface area (Å²) in [4.78, 5) is 0. The van der Waals surface area contributed by atoms with Crippen LogP contribution in [0.1, 0.15) is 33.6 Å². The third kappa shape index (κ3) is 4.40. The van der Waals surface area contributed by atoms with Gasteiger partial charge in [-0.05, 0) is 26.7 Å². The highest BCUT2D eigenvalue weighted by Gasteiger charge is 2.17. The summed E-state index contributed by atoms with van der Waals surface area (Å²) in [5, 5.41) is 3.50. The molecule has 1 rings (SSSR count). The fourth-order valence-electron chi connectivity index (χ4n) is 1.59. The Morgan fingerprint density at radius 2 is 2.29 bits per heavy atom. The van der Waals surface area contributed by atoms with E-state index >= 15 is 0 Å². The summed E-state index contributed by atoms with van der Waals surface area (Å²) < 4.78 is 11.2. The standard InChI is InChI=1S/C11H23NO2/c1-4-10-5-6-13-11(7-12-10)8-14-9(2)3/h9-12H,4-8H2,1-3H3. The summed E-state index contributed by atoms with van der Waals surface area (Å²) in [6.45, 7) is 8.81. The lowest BCUT2D eigenvalue weighted by Gasteiger charge is -2.17. The summed E-state index contributed by atoms with van der Waals surface area (Å²) in [7, 11) is 0. The number of rotatable bonds is 4. The number of hydrogen-bond donors (Lipinski definition) is 1. The molecule has 1 heterocycles. The zero-order valence-corrected chi connectivity index (χ0v) is 9.58. The van der Waals surface area contributed by atoms with E-state index in [1.807, 2.05) is 0 Å². The van der Waals surface area contributed by atoms with E-state index < -0.39 is 0 Å². The zero-order chi connectivity index (χ0) is 10.4. The van der Waals surface area contributed by atoms with E-state index in [1.165, 1.54) is 6.42 Å². The van der Waals surface area contributed by atoms with Gasteiger partial charge in [-0.3, -0.25) is 0 Å². The van der Waals surface area contributed by atoms with Crippen LogP contribution < -0.4 is 5.32 Å². The van der Waals surface area contributed by atoms with Gasteiger partial charge in [0.15, 0.2) is 0 Å². The van der Waals surface area contributed by atoms with Crippen LogP contribution in [0.15, 0.2) is 0 Å². The normalized spacial score (nSPS) is 29.1. The van der Waals surface area contributed by atoms with Crippen molar-refractivity contribution >= 4 is 0 Å². The summed E-state index contributed by atoms with van der Waals surface area (Å²) >= 11 is 0. The monoisotopic (exact) mass is 201 g/mol. The minimum absolute atomic E-state index is 0.231. The van der Waals surface area contributed by atoms with Crippen molar-refractivity contribution < 1.29 is 9.47 Å². The number of hydrogen-bond acceptors (Lipinski definition) is 3. The Kier molecular flexibility index (Phi) is 5.45. The Bertz CT molecular complexity index is 150. The van der Waals surface area contributed by atoms with Crippen LogP contribution in [0.3, 0.4) is 0 Å². The van der Waals surface area contributed by atoms with Crippen molar-refractivity contribution in [2.45, 2.75) is 51.9 Å². The van der Waals surface area contributed by atoms with Crippen molar-refractivity contribution in [2.24, 2.45) is 0 Å². The Hall–Kier alpha value is -0.120. The SMILES string of the molecule is CCC1CCOC(COC(C)C)CN1. The van der Waals surface area contributed by atoms with Gasteiger partial charge in [-0.15, -0.1) is 0 Å². The first kappa shape index (κ1) is 12.0. The lowest BCUT2D eigenvalue weighted by molar-refractivity contribution is -0.0272. The second-order valence-corrected chi connectivity index (χ2v) is 4.18. The Morgan fingerprint density at radius 3 is 2.93 bits per heavy atom. The average molecular weight is 201 g/mol. The van der Waals surface area contributed by atoms with Gasteiger partial charge in [-0.1, -0.05) is 6.92 Å². The molecule has 2 atom stereocenters. The molecule has 3 nitrogen and oxygen atoms in total. The molecule has 0 radical (unpaired) electrons. The summed E-state index contributed by atoms with van der Waals surface area (Å²) in [6.07, 6.45) is 2.83. The fourth-order valence-corrected chi connectivity index (χ4v) is 1.59. The maximum atomic E-state index is 5.70. The Morgan fingerprint density at radius 1 is 1.50 bits per heavy atom. The third-order valence-electron chi connectivity index (χ3n) is 2.56. The van der Waals surface area contributed by atoms with E-state index in [2.05, 4.69) is 26.1 Å². The van der Waals surface area contributed by atoms with Crippen molar-refractivity contribution in [1.29, 1.82) is 0 Å². The molecule has 1 aliphatic rings. The predicted molar refractivity (Wildman–Crippen MR) is 57.5 cm³/mol. The summed E-state index contributed by atoms with van der Waals surface area (Å²) in [6, 6.07) is 0.624. The molecule has 0 aromatic rings. The van der Waals surface area contributed by atoms with E-state index in [0.29, 0.717) is 18.8 Å². The van der Waals surface area contributed by atoms with Crippen LogP contribution in [0.4, 0.5) is 0 Å². The molecule has 0 amide bonds. The van der Waals surface area contributed by atoms with Gasteiger partial charge in [0, 0.05) is 19.2 Å². The topological polar surface area (TPSA) is 30.5 Å². The molecule has 3 heteroatoms. The van der Waals surface area contributed by atoms with E-state index in [9.17, 15) is 0 Å². The molecule has 0 aromatic carbocycles. The second-order valence-electron chi connectivity index (χ2n) is 4.18. The summed E-state index contributed by atoms with van der Waals surface area (Å²) in [5.74, 6) is 0. The molecule has 1 saturated heterocycles. The van der Waals surface area contributed by atoms with E-state index in [4.69, 9.17) is 9.47 Å². The smallest absolute Gasteiger partial charge is 0.0932 e. The molecule has 0 aromatic heterocycles. The molecule has 0 aliphatic carbocycles. The third-order valence-corrected chi connectivity index (χ3v) is 2.56. The molecule has 1 N–H and O–H groups in total. The molecule has 84 valence electrons. The van der Waals surface area contributed by atoms with Crippen molar-refractivity contribution in [1.82, 2.24) is 5.32 Å². The largest absolute Gasteiger partial charge is 0.376 e. The van der Waals surface area contributed by atoms with Crippen molar-refractivity contribution in [2.75, 3.05) is 19.8 Å². The fraction of sp³-hybridized carbons (Fsp3) is 1.00. The molecule has 14 heavy (non-hydrogen) atoms. The highest BCUT2D eigenvalue weighted by atomic mass is 16.5. The molecular weight excluding hydrogens is 178 g/mol. The highest BCUT2D eigenvalue weighted by Crippen LogP contribution is 2.06. The van der Waals surface area contributed by atoms with Gasteiger partial charge in [-0.2, -0.15) is 0 Å². The number of ether oxygens (including phenoxy) is 2. The van der Waals surface area contributed by atoms with Crippen molar-refractivity contribution in [3.8, 4) is 0 Å². The van der Waals surface area contributed by atoms with Gasteiger partial charge in [-0.25, -0.2) is 0 Å². The molecule has 0 spiro atoms. The molecule has 0 bridgehead atoms. The van der Waals surface area contributed by atoms with Gasteiger partial charge in [0.25, 0.3) is 0 Å². The molecule has 1 aliphatic heterocycles. The van der Waals surface area contributed by atoms with Crippen LogP contribution in [0.5, 0.6) is 0 Å². The first-order chi connectivity index (χ1) is 6.72. The van der Waals surface area contributed by atoms with Crippen LogP contribution in [-0.2, 0) is 9.47 Å². The molecule has 1 fully saturated rings. The Labute approximate surface area is 87.2 Å². The maximum absolute atomic E-state index is 5.70. The second kappa shape index (κ2) is 6.38. The average Bonchev–Trinajstić information content (AvgIpc) is 2.39. The van der Waals surface area contributed by atoms with Crippen LogP contribution >= 0.6 is 0 Å². The van der Waals surface area contributed by atoms with Crippen molar-refractivity contribution in [3.63, 3.8) is 0 Å². The molecular formula is C11H23NO2. The predicted octanol–water partition coefficient (Wildman–Crippen LogP) is 1.57. The van der Waals surface area contributed by atoms with Crippen LogP contribution in [0.25, 0.3) is 0 Å². The van der Waals surface area contributed by atoms with E-state index in [-0.39, 0.29) is 6.10 Å². The lowest BCUT2D eigenvalue weighted by Crippen LogP contribution is -2.35. The van der Waals surface area contributed by atoms with Crippen LogP contribution in [0, 0.1) is 0 Å². The van der Waals surface area contributed by atoms with Gasteiger partial charge < -0.3 is 14.8 Å². The minimum Gasteiger partial charge on any atom is -0.376 e.